The van der Waals surface area contributed by atoms with Crippen molar-refractivity contribution in [2.24, 2.45) is 11.8 Å². The highest BCUT2D eigenvalue weighted by Crippen LogP contribution is 2.23. The molecule has 0 aromatic rings. The zero-order valence-corrected chi connectivity index (χ0v) is 13.6. The Morgan fingerprint density at radius 2 is 2.05 bits per heavy atom. The van der Waals surface area contributed by atoms with E-state index in [1.165, 1.54) is 0 Å². The van der Waals surface area contributed by atoms with E-state index in [-0.39, 0.29) is 17.9 Å². The molecule has 1 heterocycles. The molecule has 0 bridgehead atoms. The lowest BCUT2D eigenvalue weighted by Crippen LogP contribution is -2.53. The molecule has 118 valence electrons. The molecule has 1 fully saturated rings. The number of aliphatic hydroxyl groups excluding tert-OH is 1. The number of aliphatic hydroxyl groups is 1. The lowest BCUT2D eigenvalue weighted by atomic mass is 9.88. The smallest absolute Gasteiger partial charge is 0.222 e. The quantitative estimate of drug-likeness (QED) is 0.752. The van der Waals surface area contributed by atoms with Gasteiger partial charge in [0.1, 0.15) is 0 Å². The zero-order chi connectivity index (χ0) is 15.1. The van der Waals surface area contributed by atoms with Gasteiger partial charge in [-0.05, 0) is 31.7 Å². The molecule has 1 amide bonds. The average molecular weight is 284 g/mol. The van der Waals surface area contributed by atoms with Crippen molar-refractivity contribution in [3.05, 3.63) is 0 Å². The van der Waals surface area contributed by atoms with Gasteiger partial charge in [0.25, 0.3) is 0 Å². The molecular weight excluding hydrogens is 252 g/mol. The molecule has 20 heavy (non-hydrogen) atoms. The first-order chi connectivity index (χ1) is 9.47. The van der Waals surface area contributed by atoms with Crippen molar-refractivity contribution >= 4 is 5.91 Å². The molecule has 3 atom stereocenters. The van der Waals surface area contributed by atoms with Gasteiger partial charge >= 0.3 is 0 Å². The van der Waals surface area contributed by atoms with Crippen molar-refractivity contribution in [2.45, 2.75) is 65.5 Å². The maximum atomic E-state index is 12.2. The van der Waals surface area contributed by atoms with Crippen LogP contribution in [0.25, 0.3) is 0 Å². The van der Waals surface area contributed by atoms with E-state index < -0.39 is 0 Å². The number of hydrogen-bond donors (Lipinski definition) is 2. The van der Waals surface area contributed by atoms with E-state index in [1.54, 1.807) is 0 Å². The van der Waals surface area contributed by atoms with E-state index in [2.05, 4.69) is 19.2 Å². The molecule has 1 aliphatic heterocycles. The second-order valence-corrected chi connectivity index (χ2v) is 6.52. The Kier molecular flexibility index (Phi) is 7.52. The summed E-state index contributed by atoms with van der Waals surface area (Å²) < 4.78 is 0. The predicted octanol–water partition coefficient (Wildman–Crippen LogP) is 2.02. The zero-order valence-electron chi connectivity index (χ0n) is 13.6. The van der Waals surface area contributed by atoms with Gasteiger partial charge in [-0.2, -0.15) is 0 Å². The van der Waals surface area contributed by atoms with Crippen molar-refractivity contribution in [1.82, 2.24) is 10.2 Å². The summed E-state index contributed by atoms with van der Waals surface area (Å²) in [5.74, 6) is 1.04. The Hall–Kier alpha value is -0.610. The monoisotopic (exact) mass is 284 g/mol. The second-order valence-electron chi connectivity index (χ2n) is 6.52. The summed E-state index contributed by atoms with van der Waals surface area (Å²) in [5, 5.41) is 13.7. The summed E-state index contributed by atoms with van der Waals surface area (Å²) in [7, 11) is 0. The first-order valence-electron chi connectivity index (χ1n) is 8.17. The number of carbonyl (C=O) groups excluding carboxylic acids is 1. The number of amides is 1. The van der Waals surface area contributed by atoms with Crippen LogP contribution in [0, 0.1) is 11.8 Å². The third-order valence-electron chi connectivity index (χ3n) is 4.08. The third kappa shape index (κ3) is 5.41. The molecule has 0 aliphatic carbocycles. The molecule has 0 aromatic carbocycles. The number of piperidine rings is 1. The molecular formula is C16H32N2O2. The van der Waals surface area contributed by atoms with Crippen LogP contribution in [0.2, 0.25) is 0 Å². The standard InChI is InChI=1S/C16H32N2O2/c1-5-7-16(20)18-10-13(15(19)6-2)8-14(11-18)17-9-12(3)4/h12-15,17,19H,5-11H2,1-4H3. The molecule has 1 aliphatic rings. The summed E-state index contributed by atoms with van der Waals surface area (Å²) in [6.45, 7) is 10.9. The number of likely N-dealkylation sites (tertiary alicyclic amines) is 1. The van der Waals surface area contributed by atoms with E-state index in [1.807, 2.05) is 18.7 Å². The first kappa shape index (κ1) is 17.4. The number of nitrogens with one attached hydrogen (secondary N) is 1. The molecule has 1 rings (SSSR count). The molecule has 0 radical (unpaired) electrons. The topological polar surface area (TPSA) is 52.6 Å². The van der Waals surface area contributed by atoms with E-state index in [4.69, 9.17) is 0 Å². The number of hydrogen-bond acceptors (Lipinski definition) is 3. The number of carbonyl (C=O) groups is 1. The third-order valence-corrected chi connectivity index (χ3v) is 4.08. The molecule has 3 unspecified atom stereocenters. The van der Waals surface area contributed by atoms with Crippen LogP contribution in [0.4, 0.5) is 0 Å². The molecule has 0 saturated carbocycles. The van der Waals surface area contributed by atoms with Crippen LogP contribution in [0.5, 0.6) is 0 Å². The minimum atomic E-state index is -0.296. The maximum Gasteiger partial charge on any atom is 0.222 e. The summed E-state index contributed by atoms with van der Waals surface area (Å²) in [6.07, 6.45) is 2.94. The van der Waals surface area contributed by atoms with Gasteiger partial charge < -0.3 is 15.3 Å². The number of rotatable bonds is 7. The lowest BCUT2D eigenvalue weighted by Gasteiger charge is -2.40. The minimum absolute atomic E-state index is 0.208. The van der Waals surface area contributed by atoms with Crippen LogP contribution in [0.3, 0.4) is 0 Å². The van der Waals surface area contributed by atoms with Gasteiger partial charge in [0.05, 0.1) is 6.10 Å². The summed E-state index contributed by atoms with van der Waals surface area (Å²) >= 11 is 0. The fourth-order valence-electron chi connectivity index (χ4n) is 2.88. The summed E-state index contributed by atoms with van der Waals surface area (Å²) in [4.78, 5) is 14.1. The lowest BCUT2D eigenvalue weighted by molar-refractivity contribution is -0.134. The minimum Gasteiger partial charge on any atom is -0.393 e. The van der Waals surface area contributed by atoms with Gasteiger partial charge in [-0.3, -0.25) is 4.79 Å². The van der Waals surface area contributed by atoms with Crippen molar-refractivity contribution in [3.63, 3.8) is 0 Å². The van der Waals surface area contributed by atoms with Gasteiger partial charge in [-0.15, -0.1) is 0 Å². The Morgan fingerprint density at radius 1 is 1.35 bits per heavy atom. The predicted molar refractivity (Wildman–Crippen MR) is 82.5 cm³/mol. The molecule has 0 aromatic heterocycles. The Labute approximate surface area is 123 Å². The Morgan fingerprint density at radius 3 is 2.60 bits per heavy atom. The molecule has 4 nitrogen and oxygen atoms in total. The van der Waals surface area contributed by atoms with Gasteiger partial charge in [0, 0.05) is 31.5 Å². The van der Waals surface area contributed by atoms with E-state index in [0.29, 0.717) is 24.9 Å². The normalized spacial score (nSPS) is 25.0. The van der Waals surface area contributed by atoms with Crippen molar-refractivity contribution in [3.8, 4) is 0 Å². The highest BCUT2D eigenvalue weighted by atomic mass is 16.3. The van der Waals surface area contributed by atoms with Crippen LogP contribution in [-0.2, 0) is 4.79 Å². The largest absolute Gasteiger partial charge is 0.393 e. The fraction of sp³-hybridized carbons (Fsp3) is 0.938. The van der Waals surface area contributed by atoms with Crippen LogP contribution in [0.1, 0.15) is 53.4 Å². The van der Waals surface area contributed by atoms with Gasteiger partial charge in [-0.25, -0.2) is 0 Å². The highest BCUT2D eigenvalue weighted by Gasteiger charge is 2.32. The molecule has 1 saturated heterocycles. The second kappa shape index (κ2) is 8.63. The average Bonchev–Trinajstić information content (AvgIpc) is 2.44. The van der Waals surface area contributed by atoms with Crippen LogP contribution >= 0.6 is 0 Å². The van der Waals surface area contributed by atoms with Gasteiger partial charge in [0.2, 0.25) is 5.91 Å². The molecule has 4 heteroatoms. The summed E-state index contributed by atoms with van der Waals surface area (Å²) in [6, 6.07) is 0.318. The molecule has 0 spiro atoms. The van der Waals surface area contributed by atoms with Crippen molar-refractivity contribution < 1.29 is 9.90 Å². The molecule has 2 N–H and O–H groups in total. The summed E-state index contributed by atoms with van der Waals surface area (Å²) in [5.41, 5.74) is 0. The highest BCUT2D eigenvalue weighted by molar-refractivity contribution is 5.76. The van der Waals surface area contributed by atoms with Crippen molar-refractivity contribution in [2.75, 3.05) is 19.6 Å². The maximum absolute atomic E-state index is 12.2. The van der Waals surface area contributed by atoms with Gasteiger partial charge in [-0.1, -0.05) is 27.7 Å². The fourth-order valence-corrected chi connectivity index (χ4v) is 2.88. The first-order valence-corrected chi connectivity index (χ1v) is 8.17. The van der Waals surface area contributed by atoms with Crippen molar-refractivity contribution in [1.29, 1.82) is 0 Å². The van der Waals surface area contributed by atoms with Crippen LogP contribution in [-0.4, -0.2) is 47.7 Å². The Bertz CT molecular complexity index is 294. The van der Waals surface area contributed by atoms with E-state index >= 15 is 0 Å². The van der Waals surface area contributed by atoms with Crippen LogP contribution in [0.15, 0.2) is 0 Å². The van der Waals surface area contributed by atoms with E-state index in [0.717, 1.165) is 32.4 Å². The van der Waals surface area contributed by atoms with Gasteiger partial charge in [0.15, 0.2) is 0 Å². The van der Waals surface area contributed by atoms with Crippen LogP contribution < -0.4 is 5.32 Å². The number of nitrogens with zero attached hydrogens (tertiary/aromatic N) is 1. The Balaban J connectivity index is 2.64. The SMILES string of the molecule is CCCC(=O)N1CC(NCC(C)C)CC(C(O)CC)C1. The van der Waals surface area contributed by atoms with E-state index in [9.17, 15) is 9.90 Å².